The number of hydrogen-bond donors (Lipinski definition) is 1. The van der Waals surface area contributed by atoms with Gasteiger partial charge in [0.1, 0.15) is 0 Å². The maximum Gasteiger partial charge on any atom is 0.574 e. The van der Waals surface area contributed by atoms with E-state index in [0.717, 1.165) is 0 Å². The zero-order chi connectivity index (χ0) is 14.6. The molecule has 1 rings (SSSR count). The fraction of sp³-hybridized carbons (Fsp3) is 0.400. The predicted molar refractivity (Wildman–Crippen MR) is 61.4 cm³/mol. The summed E-state index contributed by atoms with van der Waals surface area (Å²) in [6, 6.07) is 1.25. The van der Waals surface area contributed by atoms with Gasteiger partial charge in [0, 0.05) is 16.5 Å². The lowest BCUT2D eigenvalue weighted by molar-refractivity contribution is -0.276. The molecule has 0 atom stereocenters. The summed E-state index contributed by atoms with van der Waals surface area (Å²) in [6.07, 6.45) is -5.30. The lowest BCUT2D eigenvalue weighted by atomic mass is 10.1. The summed E-state index contributed by atoms with van der Waals surface area (Å²) in [6.45, 7) is 0. The van der Waals surface area contributed by atoms with Gasteiger partial charge in [-0.05, 0) is 6.07 Å². The number of aromatic nitrogens is 1. The zero-order valence-electron chi connectivity index (χ0n) is 9.62. The number of halogens is 4. The summed E-state index contributed by atoms with van der Waals surface area (Å²) in [5.41, 5.74) is 0.244. The Morgan fingerprint density at radius 1 is 1.42 bits per heavy atom. The second-order valence-electron chi connectivity index (χ2n) is 3.37. The van der Waals surface area contributed by atoms with E-state index in [1.807, 2.05) is 0 Å². The van der Waals surface area contributed by atoms with Crippen molar-refractivity contribution in [2.75, 3.05) is 7.11 Å². The van der Waals surface area contributed by atoms with Crippen LogP contribution in [0.25, 0.3) is 0 Å². The Hall–Kier alpha value is -1.51. The van der Waals surface area contributed by atoms with Crippen LogP contribution in [-0.4, -0.2) is 29.5 Å². The van der Waals surface area contributed by atoms with Crippen LogP contribution in [-0.2, 0) is 16.5 Å². The highest BCUT2D eigenvalue weighted by molar-refractivity contribution is 9.08. The second kappa shape index (κ2) is 6.09. The van der Waals surface area contributed by atoms with Crippen molar-refractivity contribution in [1.29, 1.82) is 0 Å². The van der Waals surface area contributed by atoms with Crippen molar-refractivity contribution in [1.82, 2.24) is 4.98 Å². The molecule has 106 valence electrons. The first kappa shape index (κ1) is 15.5. The van der Waals surface area contributed by atoms with E-state index < -0.39 is 24.6 Å². The molecule has 0 aliphatic carbocycles. The second-order valence-corrected chi connectivity index (χ2v) is 3.93. The number of hydrogen-bond acceptors (Lipinski definition) is 4. The molecule has 9 heteroatoms. The molecule has 0 aliphatic rings. The van der Waals surface area contributed by atoms with Crippen molar-refractivity contribution < 1.29 is 32.5 Å². The number of alkyl halides is 4. The monoisotopic (exact) mass is 343 g/mol. The van der Waals surface area contributed by atoms with Gasteiger partial charge < -0.3 is 14.6 Å². The number of pyridine rings is 1. The molecular formula is C10H9BrF3NO4. The summed E-state index contributed by atoms with van der Waals surface area (Å²) in [4.78, 5) is 14.2. The number of aliphatic carboxylic acids is 1. The standard InChI is InChI=1S/C10H9BrF3NO4/c1-18-8-5(3-7(16)17)2-6(4-11)9(15-8)19-10(12,13)14/h2H,3-4H2,1H3,(H,16,17). The van der Waals surface area contributed by atoms with Crippen LogP contribution in [0.4, 0.5) is 13.2 Å². The van der Waals surface area contributed by atoms with Crippen LogP contribution < -0.4 is 9.47 Å². The van der Waals surface area contributed by atoms with Crippen molar-refractivity contribution in [3.63, 3.8) is 0 Å². The number of carboxylic acids is 1. The van der Waals surface area contributed by atoms with Crippen molar-refractivity contribution in [3.05, 3.63) is 17.2 Å². The van der Waals surface area contributed by atoms with Crippen molar-refractivity contribution in [3.8, 4) is 11.8 Å². The molecule has 0 bridgehead atoms. The van der Waals surface area contributed by atoms with E-state index in [4.69, 9.17) is 9.84 Å². The van der Waals surface area contributed by atoms with Gasteiger partial charge in [0.25, 0.3) is 0 Å². The van der Waals surface area contributed by atoms with E-state index >= 15 is 0 Å². The molecule has 0 spiro atoms. The van der Waals surface area contributed by atoms with Gasteiger partial charge in [0.2, 0.25) is 11.8 Å². The normalized spacial score (nSPS) is 11.2. The van der Waals surface area contributed by atoms with Gasteiger partial charge in [0.05, 0.1) is 13.5 Å². The minimum Gasteiger partial charge on any atom is -0.481 e. The van der Waals surface area contributed by atoms with Crippen LogP contribution in [0.2, 0.25) is 0 Å². The largest absolute Gasteiger partial charge is 0.574 e. The summed E-state index contributed by atoms with van der Waals surface area (Å²) < 4.78 is 45.1. The Kier molecular flexibility index (Phi) is 4.98. The molecule has 0 amide bonds. The molecule has 5 nitrogen and oxygen atoms in total. The summed E-state index contributed by atoms with van der Waals surface area (Å²) in [5, 5.41) is 8.73. The SMILES string of the molecule is COc1nc(OC(F)(F)F)c(CBr)cc1CC(=O)O. The quantitative estimate of drug-likeness (QED) is 0.832. The number of carbonyl (C=O) groups is 1. The lowest BCUT2D eigenvalue weighted by Gasteiger charge is -2.14. The third kappa shape index (κ3) is 4.58. The van der Waals surface area contributed by atoms with Gasteiger partial charge in [0.15, 0.2) is 0 Å². The molecule has 0 aliphatic heterocycles. The molecule has 0 radical (unpaired) electrons. The maximum atomic E-state index is 12.2. The van der Waals surface area contributed by atoms with E-state index in [-0.39, 0.29) is 22.3 Å². The molecule has 0 aromatic carbocycles. The molecule has 1 N–H and O–H groups in total. The first-order valence-electron chi connectivity index (χ1n) is 4.87. The topological polar surface area (TPSA) is 68.7 Å². The molecule has 0 unspecified atom stereocenters. The van der Waals surface area contributed by atoms with Crippen LogP contribution in [0, 0.1) is 0 Å². The average Bonchev–Trinajstić information content (AvgIpc) is 2.27. The molecule has 19 heavy (non-hydrogen) atoms. The number of nitrogens with zero attached hydrogens (tertiary/aromatic N) is 1. The van der Waals surface area contributed by atoms with Crippen molar-refractivity contribution in [2.45, 2.75) is 18.1 Å². The third-order valence-electron chi connectivity index (χ3n) is 1.99. The molecule has 0 saturated heterocycles. The van der Waals surface area contributed by atoms with Gasteiger partial charge in [-0.15, -0.1) is 13.2 Å². The number of ether oxygens (including phenoxy) is 2. The van der Waals surface area contributed by atoms with Gasteiger partial charge in [-0.1, -0.05) is 15.9 Å². The smallest absolute Gasteiger partial charge is 0.481 e. The molecule has 1 heterocycles. The Balaban J connectivity index is 3.22. The Labute approximate surface area is 114 Å². The molecule has 0 fully saturated rings. The van der Waals surface area contributed by atoms with Gasteiger partial charge in [-0.2, -0.15) is 4.98 Å². The average molecular weight is 344 g/mol. The van der Waals surface area contributed by atoms with E-state index in [2.05, 4.69) is 25.7 Å². The zero-order valence-corrected chi connectivity index (χ0v) is 11.2. The van der Waals surface area contributed by atoms with Crippen LogP contribution in [0.5, 0.6) is 11.8 Å². The summed E-state index contributed by atoms with van der Waals surface area (Å²) in [5.74, 6) is -2.04. The van der Waals surface area contributed by atoms with Crippen molar-refractivity contribution in [2.24, 2.45) is 0 Å². The van der Waals surface area contributed by atoms with E-state index in [0.29, 0.717) is 0 Å². The number of methoxy groups -OCH3 is 1. The Morgan fingerprint density at radius 3 is 2.47 bits per heavy atom. The summed E-state index contributed by atoms with van der Waals surface area (Å²) >= 11 is 2.99. The van der Waals surface area contributed by atoms with Crippen LogP contribution in [0.15, 0.2) is 6.07 Å². The van der Waals surface area contributed by atoms with E-state index in [1.165, 1.54) is 13.2 Å². The maximum absolute atomic E-state index is 12.2. The van der Waals surface area contributed by atoms with E-state index in [1.54, 1.807) is 0 Å². The molecule has 0 saturated carbocycles. The van der Waals surface area contributed by atoms with Gasteiger partial charge in [-0.25, -0.2) is 0 Å². The Bertz CT molecular complexity index is 479. The highest BCUT2D eigenvalue weighted by Crippen LogP contribution is 2.30. The highest BCUT2D eigenvalue weighted by Gasteiger charge is 2.33. The van der Waals surface area contributed by atoms with E-state index in [9.17, 15) is 18.0 Å². The minimum atomic E-state index is -4.89. The number of carboxylic acid groups (broad SMARTS) is 1. The first-order chi connectivity index (χ1) is 8.76. The van der Waals surface area contributed by atoms with Crippen LogP contribution in [0.3, 0.4) is 0 Å². The Morgan fingerprint density at radius 2 is 2.05 bits per heavy atom. The minimum absolute atomic E-state index is 0.0298. The lowest BCUT2D eigenvalue weighted by Crippen LogP contribution is -2.19. The highest BCUT2D eigenvalue weighted by atomic mass is 79.9. The number of rotatable bonds is 5. The molecule has 1 aromatic heterocycles. The predicted octanol–water partition coefficient (Wildman–Crippen LogP) is 2.51. The van der Waals surface area contributed by atoms with Crippen LogP contribution >= 0.6 is 15.9 Å². The van der Waals surface area contributed by atoms with Crippen molar-refractivity contribution >= 4 is 21.9 Å². The van der Waals surface area contributed by atoms with Gasteiger partial charge >= 0.3 is 12.3 Å². The summed E-state index contributed by atoms with van der Waals surface area (Å²) in [7, 11) is 1.18. The molecule has 1 aromatic rings. The molecular weight excluding hydrogens is 335 g/mol. The van der Waals surface area contributed by atoms with Crippen LogP contribution in [0.1, 0.15) is 11.1 Å². The van der Waals surface area contributed by atoms with Gasteiger partial charge in [-0.3, -0.25) is 4.79 Å². The fourth-order valence-electron chi connectivity index (χ4n) is 1.33. The fourth-order valence-corrected chi connectivity index (χ4v) is 1.73. The third-order valence-corrected chi connectivity index (χ3v) is 2.60. The first-order valence-corrected chi connectivity index (χ1v) is 5.99.